The minimum Gasteiger partial charge on any atom is -0.493 e. The van der Waals surface area contributed by atoms with Gasteiger partial charge in [-0.25, -0.2) is 4.79 Å². The maximum absolute atomic E-state index is 12.6. The van der Waals surface area contributed by atoms with Crippen molar-refractivity contribution < 1.29 is 31.8 Å². The molecule has 2 aromatic carbocycles. The second kappa shape index (κ2) is 8.53. The van der Waals surface area contributed by atoms with Gasteiger partial charge in [0.25, 0.3) is 5.69 Å². The van der Waals surface area contributed by atoms with E-state index < -0.39 is 31.6 Å². The summed E-state index contributed by atoms with van der Waals surface area (Å²) in [5, 5.41) is 11.3. The molecule has 0 bridgehead atoms. The molecule has 2 aromatic rings. The number of carbonyl (C=O) groups excluding carboxylic acids is 1. The molecule has 10 heteroatoms. The molecule has 0 saturated heterocycles. The number of nitro groups is 1. The van der Waals surface area contributed by atoms with Crippen LogP contribution in [0, 0.1) is 10.1 Å². The summed E-state index contributed by atoms with van der Waals surface area (Å²) in [6.45, 7) is 1.82. The molecule has 148 valence electrons. The average Bonchev–Trinajstić information content (AvgIpc) is 2.67. The van der Waals surface area contributed by atoms with Crippen LogP contribution in [0.15, 0.2) is 47.4 Å². The topological polar surface area (TPSA) is 122 Å². The van der Waals surface area contributed by atoms with Crippen LogP contribution < -0.4 is 8.92 Å². The SMILES string of the molecule is C/C=C/c1ccc(OS(=O)(=O)c2ccc(C(=O)OC)cc2[N+](=O)[O-])c(OC)c1. The number of ether oxygens (including phenoxy) is 2. The molecular weight excluding hydrogens is 390 g/mol. The van der Waals surface area contributed by atoms with Gasteiger partial charge in [-0.1, -0.05) is 18.2 Å². The molecule has 0 spiro atoms. The number of esters is 1. The summed E-state index contributed by atoms with van der Waals surface area (Å²) in [5.41, 5.74) is -0.230. The lowest BCUT2D eigenvalue weighted by Crippen LogP contribution is -2.13. The monoisotopic (exact) mass is 407 g/mol. The summed E-state index contributed by atoms with van der Waals surface area (Å²) < 4.78 is 40.0. The lowest BCUT2D eigenvalue weighted by Gasteiger charge is -2.12. The number of benzene rings is 2. The molecule has 0 fully saturated rings. The Morgan fingerprint density at radius 3 is 2.39 bits per heavy atom. The highest BCUT2D eigenvalue weighted by Gasteiger charge is 2.30. The maximum Gasteiger partial charge on any atom is 0.346 e. The molecule has 0 radical (unpaired) electrons. The van der Waals surface area contributed by atoms with E-state index in [1.165, 1.54) is 13.2 Å². The highest BCUT2D eigenvalue weighted by molar-refractivity contribution is 7.87. The molecule has 0 amide bonds. The predicted octanol–water partition coefficient (Wildman–Crippen LogP) is 3.19. The van der Waals surface area contributed by atoms with E-state index in [0.717, 1.165) is 30.9 Å². The van der Waals surface area contributed by atoms with Gasteiger partial charge in [0.2, 0.25) is 0 Å². The number of hydrogen-bond donors (Lipinski definition) is 0. The molecule has 0 unspecified atom stereocenters. The van der Waals surface area contributed by atoms with Crippen molar-refractivity contribution in [2.75, 3.05) is 14.2 Å². The van der Waals surface area contributed by atoms with E-state index in [2.05, 4.69) is 4.74 Å². The van der Waals surface area contributed by atoms with Gasteiger partial charge in [-0.2, -0.15) is 8.42 Å². The van der Waals surface area contributed by atoms with Crippen molar-refractivity contribution in [1.82, 2.24) is 0 Å². The summed E-state index contributed by atoms with van der Waals surface area (Å²) in [6.07, 6.45) is 3.56. The van der Waals surface area contributed by atoms with E-state index in [-0.39, 0.29) is 17.1 Å². The lowest BCUT2D eigenvalue weighted by molar-refractivity contribution is -0.387. The summed E-state index contributed by atoms with van der Waals surface area (Å²) >= 11 is 0. The molecule has 0 N–H and O–H groups in total. The van der Waals surface area contributed by atoms with Crippen LogP contribution in [0.3, 0.4) is 0 Å². The van der Waals surface area contributed by atoms with Crippen LogP contribution in [0.5, 0.6) is 11.5 Å². The zero-order chi connectivity index (χ0) is 20.9. The molecular formula is C18H17NO8S. The van der Waals surface area contributed by atoms with Gasteiger partial charge in [0.15, 0.2) is 16.4 Å². The van der Waals surface area contributed by atoms with E-state index in [9.17, 15) is 23.3 Å². The Hall–Kier alpha value is -3.40. The average molecular weight is 407 g/mol. The summed E-state index contributed by atoms with van der Waals surface area (Å²) in [5.74, 6) is -0.843. The fraction of sp³-hybridized carbons (Fsp3) is 0.167. The first kappa shape index (κ1) is 20.9. The van der Waals surface area contributed by atoms with Crippen LogP contribution in [0.4, 0.5) is 5.69 Å². The third kappa shape index (κ3) is 4.46. The van der Waals surface area contributed by atoms with Gasteiger partial charge in [0.1, 0.15) is 0 Å². The van der Waals surface area contributed by atoms with Gasteiger partial charge in [0.05, 0.1) is 24.7 Å². The fourth-order valence-electron chi connectivity index (χ4n) is 2.33. The smallest absolute Gasteiger partial charge is 0.346 e. The minimum atomic E-state index is -4.59. The number of nitro benzene ring substituents is 1. The van der Waals surface area contributed by atoms with Crippen molar-refractivity contribution in [3.05, 3.63) is 63.7 Å². The molecule has 0 aromatic heterocycles. The van der Waals surface area contributed by atoms with Gasteiger partial charge in [0, 0.05) is 6.07 Å². The van der Waals surface area contributed by atoms with Crippen molar-refractivity contribution in [2.45, 2.75) is 11.8 Å². The fourth-order valence-corrected chi connectivity index (χ4v) is 3.42. The summed E-state index contributed by atoms with van der Waals surface area (Å²) in [4.78, 5) is 21.3. The summed E-state index contributed by atoms with van der Waals surface area (Å²) in [6, 6.07) is 7.36. The van der Waals surface area contributed by atoms with Gasteiger partial charge >= 0.3 is 16.1 Å². The molecule has 0 aliphatic rings. The Labute approximate surface area is 161 Å². The van der Waals surface area contributed by atoms with Crippen LogP contribution in [0.1, 0.15) is 22.8 Å². The second-order valence-electron chi connectivity index (χ2n) is 5.38. The van der Waals surface area contributed by atoms with Crippen molar-refractivity contribution >= 4 is 27.9 Å². The Balaban J connectivity index is 2.50. The van der Waals surface area contributed by atoms with Crippen molar-refractivity contribution in [1.29, 1.82) is 0 Å². The van der Waals surface area contributed by atoms with E-state index in [1.807, 2.05) is 6.92 Å². The van der Waals surface area contributed by atoms with Gasteiger partial charge in [-0.3, -0.25) is 10.1 Å². The van der Waals surface area contributed by atoms with Crippen LogP contribution in [0.25, 0.3) is 6.08 Å². The van der Waals surface area contributed by atoms with Crippen LogP contribution >= 0.6 is 0 Å². The highest BCUT2D eigenvalue weighted by Crippen LogP contribution is 2.33. The van der Waals surface area contributed by atoms with Crippen molar-refractivity contribution in [3.8, 4) is 11.5 Å². The quantitative estimate of drug-likeness (QED) is 0.297. The number of allylic oxidation sites excluding steroid dienone is 1. The van der Waals surface area contributed by atoms with Crippen molar-refractivity contribution in [3.63, 3.8) is 0 Å². The minimum absolute atomic E-state index is 0.132. The number of nitrogens with zero attached hydrogens (tertiary/aromatic N) is 1. The second-order valence-corrected chi connectivity index (χ2v) is 6.89. The van der Waals surface area contributed by atoms with Gasteiger partial charge in [-0.15, -0.1) is 0 Å². The standard InChI is InChI=1S/C18H17NO8S/c1-4-5-12-6-8-15(16(10-12)25-2)27-28(23,24)17-9-7-13(18(20)26-3)11-14(17)19(21)22/h4-11H,1-3H3/b5-4+. The van der Waals surface area contributed by atoms with Gasteiger partial charge < -0.3 is 13.7 Å². The van der Waals surface area contributed by atoms with E-state index >= 15 is 0 Å². The first-order valence-electron chi connectivity index (χ1n) is 7.85. The van der Waals surface area contributed by atoms with E-state index in [4.69, 9.17) is 8.92 Å². The predicted molar refractivity (Wildman–Crippen MR) is 100.0 cm³/mol. The number of carbonyl (C=O) groups is 1. The zero-order valence-corrected chi connectivity index (χ0v) is 16.1. The van der Waals surface area contributed by atoms with Crippen molar-refractivity contribution in [2.24, 2.45) is 0 Å². The Morgan fingerprint density at radius 1 is 1.11 bits per heavy atom. The largest absolute Gasteiger partial charge is 0.493 e. The Morgan fingerprint density at radius 2 is 1.82 bits per heavy atom. The third-order valence-corrected chi connectivity index (χ3v) is 4.88. The number of hydrogen-bond acceptors (Lipinski definition) is 8. The van der Waals surface area contributed by atoms with Crippen LogP contribution in [-0.2, 0) is 14.9 Å². The lowest BCUT2D eigenvalue weighted by atomic mass is 10.2. The first-order chi connectivity index (χ1) is 13.2. The first-order valence-corrected chi connectivity index (χ1v) is 9.26. The summed E-state index contributed by atoms with van der Waals surface area (Å²) in [7, 11) is -2.15. The molecule has 9 nitrogen and oxygen atoms in total. The van der Waals surface area contributed by atoms with Crippen LogP contribution in [0.2, 0.25) is 0 Å². The van der Waals surface area contributed by atoms with Gasteiger partial charge in [-0.05, 0) is 36.8 Å². The normalized spacial score (nSPS) is 11.2. The number of rotatable bonds is 7. The zero-order valence-electron chi connectivity index (χ0n) is 15.2. The molecule has 2 rings (SSSR count). The van der Waals surface area contributed by atoms with Crippen LogP contribution in [-0.4, -0.2) is 33.5 Å². The maximum atomic E-state index is 12.6. The highest BCUT2D eigenvalue weighted by atomic mass is 32.2. The molecule has 28 heavy (non-hydrogen) atoms. The molecule has 0 atom stereocenters. The molecule has 0 aliphatic carbocycles. The van der Waals surface area contributed by atoms with E-state index in [0.29, 0.717) is 0 Å². The Kier molecular flexibility index (Phi) is 6.37. The molecule has 0 saturated carbocycles. The molecule has 0 aliphatic heterocycles. The van der Waals surface area contributed by atoms with E-state index in [1.54, 1.807) is 24.3 Å². The Bertz CT molecular complexity index is 1040. The number of methoxy groups -OCH3 is 2. The molecule has 0 heterocycles. The third-order valence-electron chi connectivity index (χ3n) is 3.59.